The molecule has 0 atom stereocenters. The lowest BCUT2D eigenvalue weighted by Crippen LogP contribution is -2.33. The number of anilines is 1. The van der Waals surface area contributed by atoms with Gasteiger partial charge >= 0.3 is 0 Å². The van der Waals surface area contributed by atoms with Gasteiger partial charge < -0.3 is 20.2 Å². The number of carbonyl (C=O) groups excluding carboxylic acids is 1. The van der Waals surface area contributed by atoms with Gasteiger partial charge in [0.05, 0.1) is 5.56 Å². The van der Waals surface area contributed by atoms with E-state index >= 15 is 0 Å². The maximum absolute atomic E-state index is 11.4. The molecular weight excluding hydrogens is 350 g/mol. The summed E-state index contributed by atoms with van der Waals surface area (Å²) in [4.78, 5) is 15.9. The highest BCUT2D eigenvalue weighted by molar-refractivity contribution is 7.80. The molecule has 3 rings (SSSR count). The molecule has 0 aliphatic rings. The topological polar surface area (TPSA) is 87.4 Å². The normalized spacial score (nSPS) is 10.7. The third-order valence-corrected chi connectivity index (χ3v) is 4.08. The number of nitrogens with zero attached hydrogens (tertiary/aromatic N) is 1. The minimum absolute atomic E-state index is 0.0417. The summed E-state index contributed by atoms with van der Waals surface area (Å²) in [5, 5.41) is 15.9. The maximum atomic E-state index is 11.4. The van der Waals surface area contributed by atoms with Crippen molar-refractivity contribution in [1.82, 2.24) is 10.3 Å². The molecule has 2 aromatic carbocycles. The Morgan fingerprint density at radius 1 is 1.27 bits per heavy atom. The number of amides is 1. The van der Waals surface area contributed by atoms with Crippen LogP contribution in [0.4, 0.5) is 5.69 Å². The van der Waals surface area contributed by atoms with Gasteiger partial charge in [0, 0.05) is 12.1 Å². The standard InChI is InChI=1S/C19H19N3O3S/c1-4-16(24)22-19(26)20-12-5-6-15(23)13(9-12)18-21-14-8-10(2)7-11(3)17(14)25-18/h5-9,23H,4H2,1-3H3,(H2,20,22,24,26). The lowest BCUT2D eigenvalue weighted by molar-refractivity contribution is -0.119. The van der Waals surface area contributed by atoms with Crippen molar-refractivity contribution in [1.29, 1.82) is 0 Å². The molecule has 1 aromatic heterocycles. The van der Waals surface area contributed by atoms with Crippen LogP contribution in [0.2, 0.25) is 0 Å². The number of phenolic OH excluding ortho intramolecular Hbond substituents is 1. The molecule has 1 heterocycles. The molecule has 1 amide bonds. The van der Waals surface area contributed by atoms with Crippen LogP contribution in [0.3, 0.4) is 0 Å². The molecule has 3 aromatic rings. The average molecular weight is 369 g/mol. The number of aromatic hydroxyl groups is 1. The van der Waals surface area contributed by atoms with Gasteiger partial charge in [-0.3, -0.25) is 4.79 Å². The molecule has 0 fully saturated rings. The van der Waals surface area contributed by atoms with Gasteiger partial charge in [-0.25, -0.2) is 4.98 Å². The Bertz CT molecular complexity index is 1010. The van der Waals surface area contributed by atoms with Crippen molar-refractivity contribution in [2.24, 2.45) is 0 Å². The SMILES string of the molecule is CCC(=O)NC(=S)Nc1ccc(O)c(-c2nc3cc(C)cc(C)c3o2)c1. The van der Waals surface area contributed by atoms with Gasteiger partial charge in [-0.2, -0.15) is 0 Å². The number of fused-ring (bicyclic) bond motifs is 1. The number of aryl methyl sites for hydroxylation is 2. The Morgan fingerprint density at radius 3 is 2.77 bits per heavy atom. The highest BCUT2D eigenvalue weighted by Crippen LogP contribution is 2.34. The van der Waals surface area contributed by atoms with E-state index in [1.54, 1.807) is 19.1 Å². The summed E-state index contributed by atoms with van der Waals surface area (Å²) in [5.41, 5.74) is 4.54. The zero-order valence-corrected chi connectivity index (χ0v) is 15.5. The number of aromatic nitrogens is 1. The molecule has 0 aliphatic heterocycles. The molecule has 0 spiro atoms. The predicted molar refractivity (Wildman–Crippen MR) is 105 cm³/mol. The zero-order valence-electron chi connectivity index (χ0n) is 14.7. The minimum atomic E-state index is -0.175. The van der Waals surface area contributed by atoms with Crippen LogP contribution in [0.15, 0.2) is 34.7 Å². The first-order valence-electron chi connectivity index (χ1n) is 8.19. The quantitative estimate of drug-likeness (QED) is 0.477. The molecule has 0 bridgehead atoms. The van der Waals surface area contributed by atoms with E-state index in [1.807, 2.05) is 26.0 Å². The molecule has 0 aliphatic carbocycles. The van der Waals surface area contributed by atoms with Gasteiger partial charge in [-0.1, -0.05) is 13.0 Å². The fraction of sp³-hybridized carbons (Fsp3) is 0.211. The fourth-order valence-electron chi connectivity index (χ4n) is 2.65. The molecule has 0 saturated heterocycles. The van der Waals surface area contributed by atoms with Crippen LogP contribution < -0.4 is 10.6 Å². The number of carbonyl (C=O) groups is 1. The van der Waals surface area contributed by atoms with Gasteiger partial charge in [-0.05, 0) is 61.5 Å². The van der Waals surface area contributed by atoms with E-state index in [0.29, 0.717) is 29.1 Å². The van der Waals surface area contributed by atoms with Crippen LogP contribution >= 0.6 is 12.2 Å². The highest BCUT2D eigenvalue weighted by atomic mass is 32.1. The van der Waals surface area contributed by atoms with Gasteiger partial charge in [0.2, 0.25) is 11.8 Å². The van der Waals surface area contributed by atoms with Gasteiger partial charge in [0.1, 0.15) is 11.3 Å². The summed E-state index contributed by atoms with van der Waals surface area (Å²) >= 11 is 5.11. The summed E-state index contributed by atoms with van der Waals surface area (Å²) in [5.74, 6) is 0.185. The molecule has 6 nitrogen and oxygen atoms in total. The van der Waals surface area contributed by atoms with E-state index in [0.717, 1.165) is 16.6 Å². The molecule has 26 heavy (non-hydrogen) atoms. The zero-order chi connectivity index (χ0) is 18.8. The second-order valence-electron chi connectivity index (χ2n) is 6.04. The number of phenols is 1. The molecule has 7 heteroatoms. The molecule has 0 unspecified atom stereocenters. The van der Waals surface area contributed by atoms with E-state index in [2.05, 4.69) is 15.6 Å². The van der Waals surface area contributed by atoms with Gasteiger partial charge in [0.25, 0.3) is 0 Å². The first-order chi connectivity index (χ1) is 12.4. The number of oxazole rings is 1. The average Bonchev–Trinajstić information content (AvgIpc) is 3.00. The smallest absolute Gasteiger partial charge is 0.231 e. The summed E-state index contributed by atoms with van der Waals surface area (Å²) in [7, 11) is 0. The van der Waals surface area contributed by atoms with Crippen molar-refractivity contribution in [3.05, 3.63) is 41.5 Å². The van der Waals surface area contributed by atoms with Gasteiger partial charge in [-0.15, -0.1) is 0 Å². The van der Waals surface area contributed by atoms with Crippen molar-refractivity contribution < 1.29 is 14.3 Å². The predicted octanol–water partition coefficient (Wildman–Crippen LogP) is 4.04. The van der Waals surface area contributed by atoms with Crippen LogP contribution in [0.1, 0.15) is 24.5 Å². The molecule has 0 saturated carbocycles. The molecule has 3 N–H and O–H groups in total. The lowest BCUT2D eigenvalue weighted by Gasteiger charge is -2.10. The number of hydrogen-bond donors (Lipinski definition) is 3. The van der Waals surface area contributed by atoms with Crippen molar-refractivity contribution >= 4 is 40.0 Å². The number of hydrogen-bond acceptors (Lipinski definition) is 5. The summed E-state index contributed by atoms with van der Waals surface area (Å²) in [6.45, 7) is 5.69. The third kappa shape index (κ3) is 3.67. The summed E-state index contributed by atoms with van der Waals surface area (Å²) in [6, 6.07) is 8.80. The first-order valence-corrected chi connectivity index (χ1v) is 8.60. The summed E-state index contributed by atoms with van der Waals surface area (Å²) < 4.78 is 5.86. The fourth-order valence-corrected chi connectivity index (χ4v) is 2.89. The third-order valence-electron chi connectivity index (χ3n) is 3.88. The summed E-state index contributed by atoms with van der Waals surface area (Å²) in [6.07, 6.45) is 0.338. The van der Waals surface area contributed by atoms with Crippen molar-refractivity contribution in [2.45, 2.75) is 27.2 Å². The monoisotopic (exact) mass is 369 g/mol. The number of thiocarbonyl (C=S) groups is 1. The number of nitrogens with one attached hydrogen (secondary N) is 2. The van der Waals surface area contributed by atoms with E-state index in [9.17, 15) is 9.90 Å². The lowest BCUT2D eigenvalue weighted by atomic mass is 10.1. The Balaban J connectivity index is 1.94. The van der Waals surface area contributed by atoms with Crippen molar-refractivity contribution in [3.8, 4) is 17.2 Å². The highest BCUT2D eigenvalue weighted by Gasteiger charge is 2.15. The number of rotatable bonds is 3. The Labute approximate surface area is 156 Å². The van der Waals surface area contributed by atoms with E-state index in [4.69, 9.17) is 16.6 Å². The van der Waals surface area contributed by atoms with Crippen LogP contribution in [-0.2, 0) is 4.79 Å². The van der Waals surface area contributed by atoms with Gasteiger partial charge in [0.15, 0.2) is 10.7 Å². The van der Waals surface area contributed by atoms with E-state index in [1.165, 1.54) is 6.07 Å². The van der Waals surface area contributed by atoms with Crippen LogP contribution in [0.25, 0.3) is 22.6 Å². The first kappa shape index (κ1) is 17.9. The Kier molecular flexibility index (Phi) is 4.90. The second-order valence-corrected chi connectivity index (χ2v) is 6.45. The Hall–Kier alpha value is -2.93. The molecule has 134 valence electrons. The maximum Gasteiger partial charge on any atom is 0.231 e. The van der Waals surface area contributed by atoms with E-state index in [-0.39, 0.29) is 16.8 Å². The van der Waals surface area contributed by atoms with Crippen molar-refractivity contribution in [3.63, 3.8) is 0 Å². The second kappa shape index (κ2) is 7.13. The van der Waals surface area contributed by atoms with E-state index < -0.39 is 0 Å². The van der Waals surface area contributed by atoms with Crippen LogP contribution in [0.5, 0.6) is 5.75 Å². The molecule has 0 radical (unpaired) electrons. The molecular formula is C19H19N3O3S. The number of benzene rings is 2. The van der Waals surface area contributed by atoms with Crippen LogP contribution in [0, 0.1) is 13.8 Å². The Morgan fingerprint density at radius 2 is 2.04 bits per heavy atom. The van der Waals surface area contributed by atoms with Crippen LogP contribution in [-0.4, -0.2) is 21.1 Å². The van der Waals surface area contributed by atoms with Crippen molar-refractivity contribution in [2.75, 3.05) is 5.32 Å². The minimum Gasteiger partial charge on any atom is -0.507 e. The largest absolute Gasteiger partial charge is 0.507 e.